The van der Waals surface area contributed by atoms with Crippen molar-refractivity contribution in [3.05, 3.63) is 0 Å². The second kappa shape index (κ2) is 5.83. The van der Waals surface area contributed by atoms with Crippen molar-refractivity contribution in [1.82, 2.24) is 10.2 Å². The normalized spacial score (nSPS) is 32.6. The Balaban J connectivity index is 1.54. The molecule has 2 heterocycles. The lowest BCUT2D eigenvalue weighted by molar-refractivity contribution is 0.108. The Morgan fingerprint density at radius 1 is 1.40 bits per heavy atom. The van der Waals surface area contributed by atoms with E-state index in [2.05, 4.69) is 10.2 Å². The first-order valence-corrected chi connectivity index (χ1v) is 6.34. The highest BCUT2D eigenvalue weighted by molar-refractivity contribution is 4.77. The number of nitrogens with one attached hydrogen (secondary N) is 1. The lowest BCUT2D eigenvalue weighted by Crippen LogP contribution is -2.24. The zero-order valence-electron chi connectivity index (χ0n) is 9.87. The van der Waals surface area contributed by atoms with E-state index in [0.29, 0.717) is 6.10 Å². The van der Waals surface area contributed by atoms with Gasteiger partial charge < -0.3 is 15.0 Å². The van der Waals surface area contributed by atoms with Crippen molar-refractivity contribution in [2.45, 2.75) is 31.8 Å². The van der Waals surface area contributed by atoms with Gasteiger partial charge >= 0.3 is 0 Å². The molecule has 2 unspecified atom stereocenters. The van der Waals surface area contributed by atoms with Crippen LogP contribution in [0.15, 0.2) is 0 Å². The van der Waals surface area contributed by atoms with Crippen molar-refractivity contribution >= 4 is 0 Å². The van der Waals surface area contributed by atoms with E-state index < -0.39 is 0 Å². The molecule has 0 radical (unpaired) electrons. The van der Waals surface area contributed by atoms with Crippen LogP contribution in [0.4, 0.5) is 0 Å². The molecule has 0 aromatic heterocycles. The van der Waals surface area contributed by atoms with E-state index in [1.807, 2.05) is 7.11 Å². The van der Waals surface area contributed by atoms with Crippen LogP contribution >= 0.6 is 0 Å². The summed E-state index contributed by atoms with van der Waals surface area (Å²) in [7, 11) is 1.83. The second-order valence-corrected chi connectivity index (χ2v) is 4.95. The first kappa shape index (κ1) is 11.4. The van der Waals surface area contributed by atoms with Crippen LogP contribution in [-0.2, 0) is 4.74 Å². The van der Waals surface area contributed by atoms with Gasteiger partial charge in [0.15, 0.2) is 0 Å². The van der Waals surface area contributed by atoms with E-state index in [9.17, 15) is 0 Å². The Morgan fingerprint density at radius 2 is 2.33 bits per heavy atom. The minimum Gasteiger partial charge on any atom is -0.380 e. The minimum atomic E-state index is 0.498. The van der Waals surface area contributed by atoms with Crippen LogP contribution in [0.3, 0.4) is 0 Å². The SMILES string of the molecule is COC1CCN(CCCC2CCNC2)C1. The molecule has 1 N–H and O–H groups in total. The summed E-state index contributed by atoms with van der Waals surface area (Å²) < 4.78 is 5.37. The molecule has 0 bridgehead atoms. The van der Waals surface area contributed by atoms with E-state index in [0.717, 1.165) is 12.5 Å². The average molecular weight is 212 g/mol. The first-order valence-electron chi connectivity index (χ1n) is 6.34. The van der Waals surface area contributed by atoms with Crippen LogP contribution in [0, 0.1) is 5.92 Å². The van der Waals surface area contributed by atoms with Crippen LogP contribution in [0.1, 0.15) is 25.7 Å². The summed E-state index contributed by atoms with van der Waals surface area (Å²) in [6.07, 6.45) is 5.88. The molecule has 0 saturated carbocycles. The van der Waals surface area contributed by atoms with Crippen LogP contribution in [0.2, 0.25) is 0 Å². The maximum atomic E-state index is 5.37. The number of rotatable bonds is 5. The molecule has 0 spiro atoms. The molecule has 2 saturated heterocycles. The predicted octanol–water partition coefficient (Wildman–Crippen LogP) is 1.10. The minimum absolute atomic E-state index is 0.498. The third-order valence-corrected chi connectivity index (χ3v) is 3.81. The van der Waals surface area contributed by atoms with Gasteiger partial charge in [0.25, 0.3) is 0 Å². The molecule has 2 aliphatic rings. The number of nitrogens with zero attached hydrogens (tertiary/aromatic N) is 1. The summed E-state index contributed by atoms with van der Waals surface area (Å²) in [5.41, 5.74) is 0. The van der Waals surface area contributed by atoms with Crippen molar-refractivity contribution in [3.63, 3.8) is 0 Å². The van der Waals surface area contributed by atoms with Gasteiger partial charge in [-0.1, -0.05) is 0 Å². The summed E-state index contributed by atoms with van der Waals surface area (Å²) >= 11 is 0. The van der Waals surface area contributed by atoms with Gasteiger partial charge in [-0.05, 0) is 51.2 Å². The van der Waals surface area contributed by atoms with Gasteiger partial charge in [-0.2, -0.15) is 0 Å². The fraction of sp³-hybridized carbons (Fsp3) is 1.00. The van der Waals surface area contributed by atoms with Crippen molar-refractivity contribution in [1.29, 1.82) is 0 Å². The standard InChI is InChI=1S/C12H24N2O/c1-15-12-5-8-14(10-12)7-2-3-11-4-6-13-9-11/h11-13H,2-10H2,1H3. The molecule has 2 rings (SSSR count). The van der Waals surface area contributed by atoms with Crippen molar-refractivity contribution in [2.75, 3.05) is 39.8 Å². The van der Waals surface area contributed by atoms with Gasteiger partial charge in [0.2, 0.25) is 0 Å². The van der Waals surface area contributed by atoms with Gasteiger partial charge in [0, 0.05) is 20.2 Å². The smallest absolute Gasteiger partial charge is 0.0710 e. The zero-order valence-corrected chi connectivity index (χ0v) is 9.87. The predicted molar refractivity (Wildman–Crippen MR) is 62.1 cm³/mol. The number of hydrogen-bond donors (Lipinski definition) is 1. The van der Waals surface area contributed by atoms with Gasteiger partial charge in [-0.25, -0.2) is 0 Å². The highest BCUT2D eigenvalue weighted by Crippen LogP contribution is 2.17. The van der Waals surface area contributed by atoms with Gasteiger partial charge in [-0.3, -0.25) is 0 Å². The Hall–Kier alpha value is -0.120. The highest BCUT2D eigenvalue weighted by atomic mass is 16.5. The number of likely N-dealkylation sites (tertiary alicyclic amines) is 1. The van der Waals surface area contributed by atoms with Crippen molar-refractivity contribution in [3.8, 4) is 0 Å². The Kier molecular flexibility index (Phi) is 4.42. The number of hydrogen-bond acceptors (Lipinski definition) is 3. The van der Waals surface area contributed by atoms with E-state index in [4.69, 9.17) is 4.74 Å². The number of ether oxygens (including phenoxy) is 1. The molecule has 0 aromatic rings. The second-order valence-electron chi connectivity index (χ2n) is 4.95. The summed E-state index contributed by atoms with van der Waals surface area (Å²) in [6, 6.07) is 0. The summed E-state index contributed by atoms with van der Waals surface area (Å²) in [6.45, 7) is 6.15. The van der Waals surface area contributed by atoms with E-state index in [1.165, 1.54) is 51.9 Å². The molecule has 3 nitrogen and oxygen atoms in total. The average Bonchev–Trinajstić information content (AvgIpc) is 2.88. The lowest BCUT2D eigenvalue weighted by atomic mass is 10.0. The van der Waals surface area contributed by atoms with Gasteiger partial charge in [0.05, 0.1) is 6.10 Å². The third-order valence-electron chi connectivity index (χ3n) is 3.81. The van der Waals surface area contributed by atoms with Crippen LogP contribution in [0.5, 0.6) is 0 Å². The van der Waals surface area contributed by atoms with Crippen LogP contribution in [-0.4, -0.2) is 50.8 Å². The molecule has 0 aromatic carbocycles. The maximum Gasteiger partial charge on any atom is 0.0710 e. The molecule has 0 aliphatic carbocycles. The zero-order chi connectivity index (χ0) is 10.5. The fourth-order valence-electron chi connectivity index (χ4n) is 2.76. The fourth-order valence-corrected chi connectivity index (χ4v) is 2.76. The van der Waals surface area contributed by atoms with Crippen molar-refractivity contribution < 1.29 is 4.74 Å². The topological polar surface area (TPSA) is 24.5 Å². The molecule has 88 valence electrons. The first-order chi connectivity index (χ1) is 7.38. The molecule has 3 heteroatoms. The summed E-state index contributed by atoms with van der Waals surface area (Å²) in [4.78, 5) is 2.55. The van der Waals surface area contributed by atoms with Gasteiger partial charge in [0.1, 0.15) is 0 Å². The Labute approximate surface area is 93.2 Å². The van der Waals surface area contributed by atoms with Crippen LogP contribution in [0.25, 0.3) is 0 Å². The summed E-state index contributed by atoms with van der Waals surface area (Å²) in [5.74, 6) is 0.950. The van der Waals surface area contributed by atoms with Gasteiger partial charge in [-0.15, -0.1) is 0 Å². The quantitative estimate of drug-likeness (QED) is 0.738. The Morgan fingerprint density at radius 3 is 3.00 bits per heavy atom. The molecular weight excluding hydrogens is 188 g/mol. The van der Waals surface area contributed by atoms with E-state index in [-0.39, 0.29) is 0 Å². The summed E-state index contributed by atoms with van der Waals surface area (Å²) in [5, 5.41) is 3.43. The molecule has 2 fully saturated rings. The molecule has 2 atom stereocenters. The molecule has 0 amide bonds. The van der Waals surface area contributed by atoms with Crippen LogP contribution < -0.4 is 5.32 Å². The molecular formula is C12H24N2O. The molecule has 15 heavy (non-hydrogen) atoms. The maximum absolute atomic E-state index is 5.37. The van der Waals surface area contributed by atoms with E-state index in [1.54, 1.807) is 0 Å². The Bertz CT molecular complexity index is 180. The molecule has 2 aliphatic heterocycles. The van der Waals surface area contributed by atoms with E-state index >= 15 is 0 Å². The monoisotopic (exact) mass is 212 g/mol. The highest BCUT2D eigenvalue weighted by Gasteiger charge is 2.22. The largest absolute Gasteiger partial charge is 0.380 e. The lowest BCUT2D eigenvalue weighted by Gasteiger charge is -2.16. The number of methoxy groups -OCH3 is 1. The third kappa shape index (κ3) is 3.44. The van der Waals surface area contributed by atoms with Crippen molar-refractivity contribution in [2.24, 2.45) is 5.92 Å².